The highest BCUT2D eigenvalue weighted by Crippen LogP contribution is 2.44. The highest BCUT2D eigenvalue weighted by Gasteiger charge is 2.20. The maximum atomic E-state index is 6.86. The maximum Gasteiger partial charge on any atom is 0.160 e. The van der Waals surface area contributed by atoms with Gasteiger partial charge in [-0.05, 0) is 74.6 Å². The summed E-state index contributed by atoms with van der Waals surface area (Å²) in [5, 5.41) is 6.92. The Kier molecular flexibility index (Phi) is 6.81. The van der Waals surface area contributed by atoms with Crippen molar-refractivity contribution in [2.24, 2.45) is 0 Å². The molecule has 238 valence electrons. The zero-order chi connectivity index (χ0) is 33.7. The number of aromatic nitrogens is 2. The molecule has 0 aliphatic rings. The molecule has 0 saturated heterocycles. The lowest BCUT2D eigenvalue weighted by Crippen LogP contribution is -1.96. The van der Waals surface area contributed by atoms with E-state index >= 15 is 0 Å². The summed E-state index contributed by atoms with van der Waals surface area (Å²) in [7, 11) is 0. The van der Waals surface area contributed by atoms with Crippen molar-refractivity contribution in [1.29, 1.82) is 0 Å². The number of rotatable bonds is 5. The van der Waals surface area contributed by atoms with E-state index in [0.29, 0.717) is 5.82 Å². The monoisotopic (exact) mass is 650 g/mol. The average Bonchev–Trinajstić information content (AvgIpc) is 3.59. The number of hydrogen-bond acceptors (Lipinski definition) is 3. The van der Waals surface area contributed by atoms with Crippen LogP contribution in [-0.4, -0.2) is 9.97 Å². The van der Waals surface area contributed by atoms with Crippen molar-refractivity contribution in [3.63, 3.8) is 0 Å². The number of hydrogen-bond donors (Lipinski definition) is 0. The molecule has 0 bridgehead atoms. The van der Waals surface area contributed by atoms with Crippen LogP contribution in [0.3, 0.4) is 0 Å². The van der Waals surface area contributed by atoms with Gasteiger partial charge in [-0.2, -0.15) is 0 Å². The molecule has 0 amide bonds. The molecule has 0 aliphatic carbocycles. The lowest BCUT2D eigenvalue weighted by atomic mass is 9.92. The SMILES string of the molecule is c1ccc(-c2cc(-c3cccc4oc5c(-c6ccc7ccccc7c6)cc(-c6ccc7ccccc7c6)cc5c34)nc(-c3ccccc3)n2)cc1. The first kappa shape index (κ1) is 29.1. The Labute approximate surface area is 295 Å². The van der Waals surface area contributed by atoms with E-state index in [-0.39, 0.29) is 0 Å². The topological polar surface area (TPSA) is 38.9 Å². The van der Waals surface area contributed by atoms with E-state index in [1.807, 2.05) is 36.4 Å². The van der Waals surface area contributed by atoms with Crippen LogP contribution in [0.15, 0.2) is 186 Å². The van der Waals surface area contributed by atoms with Crippen LogP contribution in [0.1, 0.15) is 0 Å². The van der Waals surface area contributed by atoms with Gasteiger partial charge in [0.25, 0.3) is 0 Å². The molecule has 10 aromatic rings. The molecule has 0 atom stereocenters. The van der Waals surface area contributed by atoms with Gasteiger partial charge in [-0.25, -0.2) is 9.97 Å². The van der Waals surface area contributed by atoms with E-state index in [4.69, 9.17) is 14.4 Å². The molecule has 51 heavy (non-hydrogen) atoms. The van der Waals surface area contributed by atoms with Crippen molar-refractivity contribution in [1.82, 2.24) is 9.97 Å². The Morgan fingerprint density at radius 2 is 0.961 bits per heavy atom. The van der Waals surface area contributed by atoms with Gasteiger partial charge in [0, 0.05) is 33.0 Å². The predicted molar refractivity (Wildman–Crippen MR) is 212 cm³/mol. The van der Waals surface area contributed by atoms with Gasteiger partial charge in [-0.3, -0.25) is 0 Å². The second kappa shape index (κ2) is 11.9. The molecule has 0 saturated carbocycles. The number of nitrogens with zero attached hydrogens (tertiary/aromatic N) is 2. The minimum atomic E-state index is 0.686. The highest BCUT2D eigenvalue weighted by atomic mass is 16.3. The Balaban J connectivity index is 1.26. The Hall–Kier alpha value is -6.84. The van der Waals surface area contributed by atoms with Crippen LogP contribution in [-0.2, 0) is 0 Å². The number of furan rings is 1. The minimum absolute atomic E-state index is 0.686. The van der Waals surface area contributed by atoms with Crippen molar-refractivity contribution in [2.75, 3.05) is 0 Å². The zero-order valence-corrected chi connectivity index (χ0v) is 27.6. The molecule has 2 aromatic heterocycles. The molecule has 2 heterocycles. The van der Waals surface area contributed by atoms with Crippen LogP contribution in [0, 0.1) is 0 Å². The van der Waals surface area contributed by atoms with Crippen molar-refractivity contribution < 1.29 is 4.42 Å². The van der Waals surface area contributed by atoms with Crippen molar-refractivity contribution in [3.05, 3.63) is 182 Å². The van der Waals surface area contributed by atoms with Gasteiger partial charge in [0.1, 0.15) is 11.2 Å². The first-order valence-corrected chi connectivity index (χ1v) is 17.2. The number of benzene rings is 8. The van der Waals surface area contributed by atoms with Crippen LogP contribution in [0.25, 0.3) is 99.6 Å². The quantitative estimate of drug-likeness (QED) is 0.186. The van der Waals surface area contributed by atoms with Crippen molar-refractivity contribution >= 4 is 43.5 Å². The Morgan fingerprint density at radius 1 is 0.353 bits per heavy atom. The van der Waals surface area contributed by atoms with Crippen molar-refractivity contribution in [3.8, 4) is 56.2 Å². The molecule has 0 N–H and O–H groups in total. The maximum absolute atomic E-state index is 6.86. The van der Waals surface area contributed by atoms with Gasteiger partial charge >= 0.3 is 0 Å². The van der Waals surface area contributed by atoms with E-state index in [2.05, 4.69) is 146 Å². The lowest BCUT2D eigenvalue weighted by molar-refractivity contribution is 0.670. The third kappa shape index (κ3) is 5.15. The molecular formula is C48H30N2O. The third-order valence-corrected chi connectivity index (χ3v) is 9.84. The molecule has 3 nitrogen and oxygen atoms in total. The first-order valence-electron chi connectivity index (χ1n) is 17.2. The van der Waals surface area contributed by atoms with Crippen LogP contribution in [0.2, 0.25) is 0 Å². The molecule has 3 heteroatoms. The molecule has 0 fully saturated rings. The van der Waals surface area contributed by atoms with Crippen LogP contribution < -0.4 is 0 Å². The van der Waals surface area contributed by atoms with Gasteiger partial charge in [0.15, 0.2) is 5.82 Å². The fraction of sp³-hybridized carbons (Fsp3) is 0. The lowest BCUT2D eigenvalue weighted by Gasteiger charge is -2.11. The predicted octanol–water partition coefficient (Wildman–Crippen LogP) is 13.0. The largest absolute Gasteiger partial charge is 0.455 e. The summed E-state index contributed by atoms with van der Waals surface area (Å²) in [5.74, 6) is 0.686. The highest BCUT2D eigenvalue weighted by molar-refractivity contribution is 6.17. The Bertz CT molecular complexity index is 2850. The summed E-state index contributed by atoms with van der Waals surface area (Å²) >= 11 is 0. The standard InChI is InChI=1S/C48H30N2O/c1-3-14-33(15-4-1)43-30-44(50-48(49-43)34-16-5-2-6-17-34)40-20-11-21-45-46(40)42-29-39(37-24-22-31-12-7-9-18-35(31)26-37)28-41(47(42)51-45)38-25-23-32-13-8-10-19-36(32)27-38/h1-30H. The normalized spacial score (nSPS) is 11.5. The fourth-order valence-electron chi connectivity index (χ4n) is 7.31. The summed E-state index contributed by atoms with van der Waals surface area (Å²) in [6.07, 6.45) is 0. The molecule has 0 spiro atoms. The van der Waals surface area contributed by atoms with E-state index in [9.17, 15) is 0 Å². The van der Waals surface area contributed by atoms with E-state index < -0.39 is 0 Å². The summed E-state index contributed by atoms with van der Waals surface area (Å²) in [4.78, 5) is 10.3. The molecule has 0 unspecified atom stereocenters. The van der Waals surface area contributed by atoms with Crippen LogP contribution >= 0.6 is 0 Å². The zero-order valence-electron chi connectivity index (χ0n) is 27.6. The molecule has 8 aromatic carbocycles. The summed E-state index contributed by atoms with van der Waals surface area (Å²) < 4.78 is 6.86. The minimum Gasteiger partial charge on any atom is -0.455 e. The molecule has 0 aliphatic heterocycles. The van der Waals surface area contributed by atoms with Crippen LogP contribution in [0.4, 0.5) is 0 Å². The van der Waals surface area contributed by atoms with Gasteiger partial charge in [0.2, 0.25) is 0 Å². The van der Waals surface area contributed by atoms with E-state index in [1.165, 1.54) is 21.5 Å². The summed E-state index contributed by atoms with van der Waals surface area (Å²) in [5.41, 5.74) is 10.9. The third-order valence-electron chi connectivity index (χ3n) is 9.84. The van der Waals surface area contributed by atoms with Gasteiger partial charge in [-0.15, -0.1) is 0 Å². The summed E-state index contributed by atoms with van der Waals surface area (Å²) in [6.45, 7) is 0. The van der Waals surface area contributed by atoms with Crippen molar-refractivity contribution in [2.45, 2.75) is 0 Å². The van der Waals surface area contributed by atoms with Gasteiger partial charge in [-0.1, -0.05) is 146 Å². The van der Waals surface area contributed by atoms with Gasteiger partial charge < -0.3 is 4.42 Å². The second-order valence-electron chi connectivity index (χ2n) is 13.0. The molecular weight excluding hydrogens is 621 g/mol. The second-order valence-corrected chi connectivity index (χ2v) is 13.0. The summed E-state index contributed by atoms with van der Waals surface area (Å²) in [6, 6.07) is 63.9. The number of fused-ring (bicyclic) bond motifs is 5. The van der Waals surface area contributed by atoms with Crippen LogP contribution in [0.5, 0.6) is 0 Å². The van der Waals surface area contributed by atoms with Gasteiger partial charge in [0.05, 0.1) is 11.4 Å². The molecule has 0 radical (unpaired) electrons. The van der Waals surface area contributed by atoms with E-state index in [1.54, 1.807) is 0 Å². The average molecular weight is 651 g/mol. The fourth-order valence-corrected chi connectivity index (χ4v) is 7.31. The molecule has 10 rings (SSSR count). The smallest absolute Gasteiger partial charge is 0.160 e. The first-order chi connectivity index (χ1) is 25.2. The van der Waals surface area contributed by atoms with E-state index in [0.717, 1.165) is 72.3 Å². The Morgan fingerprint density at radius 3 is 1.69 bits per heavy atom.